The fourth-order valence-corrected chi connectivity index (χ4v) is 1.34. The Morgan fingerprint density at radius 1 is 1.29 bits per heavy atom. The highest BCUT2D eigenvalue weighted by molar-refractivity contribution is 5.25. The number of ether oxygens (including phenoxy) is 1. The Labute approximate surface area is 101 Å². The van der Waals surface area contributed by atoms with Crippen molar-refractivity contribution in [3.63, 3.8) is 0 Å². The van der Waals surface area contributed by atoms with Crippen LogP contribution in [-0.2, 0) is 0 Å². The van der Waals surface area contributed by atoms with Gasteiger partial charge in [-0.15, -0.1) is 0 Å². The minimum absolute atomic E-state index is 0.0385. The smallest absolute Gasteiger partial charge is 0.200 e. The predicted octanol–water partition coefficient (Wildman–Crippen LogP) is 3.12. The summed E-state index contributed by atoms with van der Waals surface area (Å²) in [6.07, 6.45) is 0.807. The first-order valence-electron chi connectivity index (χ1n) is 5.88. The first-order valence-corrected chi connectivity index (χ1v) is 5.88. The third-order valence-corrected chi connectivity index (χ3v) is 2.61. The van der Waals surface area contributed by atoms with Crippen LogP contribution in [0.3, 0.4) is 0 Å². The van der Waals surface area contributed by atoms with Gasteiger partial charge in [0.15, 0.2) is 11.6 Å². The molecule has 1 aromatic carbocycles. The minimum Gasteiger partial charge on any atom is -0.486 e. The molecule has 0 aliphatic rings. The number of halogens is 2. The number of benzene rings is 1. The molecule has 0 aromatic heterocycles. The van der Waals surface area contributed by atoms with Gasteiger partial charge in [0.2, 0.25) is 5.82 Å². The first kappa shape index (κ1) is 13.9. The lowest BCUT2D eigenvalue weighted by Gasteiger charge is -2.18. The molecule has 17 heavy (non-hydrogen) atoms. The van der Waals surface area contributed by atoms with Crippen molar-refractivity contribution in [1.82, 2.24) is 5.32 Å². The van der Waals surface area contributed by atoms with Crippen LogP contribution >= 0.6 is 0 Å². The van der Waals surface area contributed by atoms with Gasteiger partial charge >= 0.3 is 0 Å². The molecule has 0 bridgehead atoms. The maximum absolute atomic E-state index is 13.3. The van der Waals surface area contributed by atoms with Gasteiger partial charge < -0.3 is 10.1 Å². The second-order valence-electron chi connectivity index (χ2n) is 4.20. The van der Waals surface area contributed by atoms with Gasteiger partial charge in [-0.2, -0.15) is 4.39 Å². The summed E-state index contributed by atoms with van der Waals surface area (Å²) >= 11 is 0. The van der Waals surface area contributed by atoms with Crippen LogP contribution in [0.4, 0.5) is 8.78 Å². The number of hydrogen-bond donors (Lipinski definition) is 1. The van der Waals surface area contributed by atoms with Crippen molar-refractivity contribution in [2.75, 3.05) is 6.54 Å². The molecule has 4 heteroatoms. The zero-order chi connectivity index (χ0) is 12.8. The summed E-state index contributed by atoms with van der Waals surface area (Å²) < 4.78 is 31.6. The Hall–Kier alpha value is -1.16. The summed E-state index contributed by atoms with van der Waals surface area (Å²) in [5.74, 6) is -1.85. The second kappa shape index (κ2) is 6.55. The van der Waals surface area contributed by atoms with E-state index < -0.39 is 11.6 Å². The lowest BCUT2D eigenvalue weighted by molar-refractivity contribution is 0.201. The van der Waals surface area contributed by atoms with Crippen LogP contribution in [0, 0.1) is 11.6 Å². The minimum atomic E-state index is -0.928. The molecule has 0 radical (unpaired) electrons. The fraction of sp³-hybridized carbons (Fsp3) is 0.538. The molecule has 0 fully saturated rings. The summed E-state index contributed by atoms with van der Waals surface area (Å²) in [6.45, 7) is 6.57. The fourth-order valence-electron chi connectivity index (χ4n) is 1.34. The molecule has 0 aliphatic carbocycles. The molecule has 1 rings (SSSR count). The van der Waals surface area contributed by atoms with E-state index >= 15 is 0 Å². The lowest BCUT2D eigenvalue weighted by atomic mass is 10.2. The highest BCUT2D eigenvalue weighted by atomic mass is 19.2. The van der Waals surface area contributed by atoms with E-state index in [-0.39, 0.29) is 11.9 Å². The van der Waals surface area contributed by atoms with Gasteiger partial charge in [-0.1, -0.05) is 13.0 Å². The molecular formula is C13H19F2NO. The normalized spacial score (nSPS) is 14.4. The molecule has 1 N–H and O–H groups in total. The van der Waals surface area contributed by atoms with Gasteiger partial charge in [0.05, 0.1) is 0 Å². The zero-order valence-corrected chi connectivity index (χ0v) is 10.5. The van der Waals surface area contributed by atoms with Crippen LogP contribution < -0.4 is 10.1 Å². The van der Waals surface area contributed by atoms with Crippen molar-refractivity contribution in [1.29, 1.82) is 0 Å². The summed E-state index contributed by atoms with van der Waals surface area (Å²) in [5, 5.41) is 3.25. The molecule has 2 unspecified atom stereocenters. The Bertz CT molecular complexity index is 357. The van der Waals surface area contributed by atoms with E-state index in [0.29, 0.717) is 12.6 Å². The summed E-state index contributed by atoms with van der Waals surface area (Å²) in [7, 11) is 0. The van der Waals surface area contributed by atoms with Gasteiger partial charge in [-0.25, -0.2) is 4.39 Å². The molecule has 0 heterocycles. The van der Waals surface area contributed by atoms with E-state index in [4.69, 9.17) is 4.74 Å². The van der Waals surface area contributed by atoms with Crippen molar-refractivity contribution in [2.24, 2.45) is 0 Å². The van der Waals surface area contributed by atoms with Crippen molar-refractivity contribution < 1.29 is 13.5 Å². The third-order valence-electron chi connectivity index (χ3n) is 2.61. The van der Waals surface area contributed by atoms with E-state index in [0.717, 1.165) is 12.5 Å². The zero-order valence-electron chi connectivity index (χ0n) is 10.5. The van der Waals surface area contributed by atoms with Crippen LogP contribution in [-0.4, -0.2) is 18.7 Å². The molecule has 96 valence electrons. The van der Waals surface area contributed by atoms with Gasteiger partial charge in [0.25, 0.3) is 0 Å². The van der Waals surface area contributed by atoms with Crippen LogP contribution in [0.15, 0.2) is 18.2 Å². The Balaban J connectivity index is 2.50. The van der Waals surface area contributed by atoms with Gasteiger partial charge in [-0.05, 0) is 32.4 Å². The van der Waals surface area contributed by atoms with Crippen LogP contribution in [0.25, 0.3) is 0 Å². The molecule has 2 atom stereocenters. The van der Waals surface area contributed by atoms with Gasteiger partial charge in [0.1, 0.15) is 6.10 Å². The van der Waals surface area contributed by atoms with Gasteiger partial charge in [0, 0.05) is 12.6 Å². The number of hydrogen-bond acceptors (Lipinski definition) is 2. The molecule has 0 spiro atoms. The Kier molecular flexibility index (Phi) is 5.35. The third kappa shape index (κ3) is 4.30. The summed E-state index contributed by atoms with van der Waals surface area (Å²) in [5.41, 5.74) is 0. The Morgan fingerprint density at radius 2 is 2.00 bits per heavy atom. The molecule has 0 saturated heterocycles. The largest absolute Gasteiger partial charge is 0.486 e. The monoisotopic (exact) mass is 243 g/mol. The second-order valence-corrected chi connectivity index (χ2v) is 4.20. The highest BCUT2D eigenvalue weighted by Crippen LogP contribution is 2.20. The summed E-state index contributed by atoms with van der Waals surface area (Å²) in [4.78, 5) is 0. The molecule has 0 saturated carbocycles. The van der Waals surface area contributed by atoms with E-state index in [9.17, 15) is 8.78 Å². The van der Waals surface area contributed by atoms with Crippen molar-refractivity contribution >= 4 is 0 Å². The average molecular weight is 243 g/mol. The van der Waals surface area contributed by atoms with E-state index in [1.165, 1.54) is 12.1 Å². The number of nitrogens with one attached hydrogen (secondary N) is 1. The van der Waals surface area contributed by atoms with E-state index in [1.807, 2.05) is 6.92 Å². The molecule has 0 amide bonds. The van der Waals surface area contributed by atoms with Gasteiger partial charge in [-0.3, -0.25) is 0 Å². The molecular weight excluding hydrogens is 224 g/mol. The Morgan fingerprint density at radius 3 is 2.65 bits per heavy atom. The molecule has 1 aromatic rings. The van der Waals surface area contributed by atoms with Crippen molar-refractivity contribution in [3.8, 4) is 5.75 Å². The molecule has 0 aliphatic heterocycles. The quantitative estimate of drug-likeness (QED) is 0.828. The molecule has 2 nitrogen and oxygen atoms in total. The topological polar surface area (TPSA) is 21.3 Å². The maximum Gasteiger partial charge on any atom is 0.200 e. The van der Waals surface area contributed by atoms with Crippen LogP contribution in [0.5, 0.6) is 5.75 Å². The van der Waals surface area contributed by atoms with E-state index in [2.05, 4.69) is 19.2 Å². The standard InChI is InChI=1S/C13H19F2NO/c1-4-9(2)16-8-10(3)17-12-7-5-6-11(14)13(12)15/h5-7,9-10,16H,4,8H2,1-3H3. The van der Waals surface area contributed by atoms with E-state index in [1.54, 1.807) is 0 Å². The number of rotatable bonds is 6. The maximum atomic E-state index is 13.3. The first-order chi connectivity index (χ1) is 8.04. The van der Waals surface area contributed by atoms with Crippen LogP contribution in [0.2, 0.25) is 0 Å². The average Bonchev–Trinajstić information content (AvgIpc) is 2.32. The SMILES string of the molecule is CCC(C)NCC(C)Oc1cccc(F)c1F. The van der Waals surface area contributed by atoms with Crippen molar-refractivity contribution in [2.45, 2.75) is 39.3 Å². The van der Waals surface area contributed by atoms with Crippen LogP contribution in [0.1, 0.15) is 27.2 Å². The summed E-state index contributed by atoms with van der Waals surface area (Å²) in [6, 6.07) is 4.32. The predicted molar refractivity (Wildman–Crippen MR) is 64.2 cm³/mol. The highest BCUT2D eigenvalue weighted by Gasteiger charge is 2.12. The lowest BCUT2D eigenvalue weighted by Crippen LogP contribution is -2.34. The van der Waals surface area contributed by atoms with Crippen molar-refractivity contribution in [3.05, 3.63) is 29.8 Å².